The summed E-state index contributed by atoms with van der Waals surface area (Å²) in [6.45, 7) is 10.8. The van der Waals surface area contributed by atoms with Crippen LogP contribution >= 0.6 is 23.2 Å². The van der Waals surface area contributed by atoms with Gasteiger partial charge in [-0.05, 0) is 106 Å². The van der Waals surface area contributed by atoms with E-state index in [1.165, 1.54) is 25.9 Å². The number of carbonyl (C=O) groups excluding carboxylic acids is 1. The molecule has 8 heteroatoms. The van der Waals surface area contributed by atoms with Crippen LogP contribution in [-0.4, -0.2) is 55.0 Å². The smallest absolute Gasteiger partial charge is 0.410 e. The van der Waals surface area contributed by atoms with Crippen molar-refractivity contribution in [2.75, 3.05) is 26.2 Å². The number of hydrogen-bond acceptors (Lipinski definition) is 5. The van der Waals surface area contributed by atoms with Gasteiger partial charge in [-0.3, -0.25) is 0 Å². The molecule has 4 fully saturated rings. The van der Waals surface area contributed by atoms with Crippen molar-refractivity contribution in [2.45, 2.75) is 77.5 Å². The molecule has 2 aromatic carbocycles. The predicted octanol–water partition coefficient (Wildman–Crippen LogP) is 7.36. The predicted molar refractivity (Wildman–Crippen MR) is 163 cm³/mol. The summed E-state index contributed by atoms with van der Waals surface area (Å²) >= 11 is 12.3. The highest BCUT2D eigenvalue weighted by Crippen LogP contribution is 2.40. The molecule has 1 N–H and O–H groups in total. The SMILES string of the molecule is CC(C)(C)OC(=O)N1C[C@H]2CC(OCc3ccccc3Cl)C[C@H]2C1.Clc1ccccc1COC1C[C@H]2CNC[C@H]2C1. The van der Waals surface area contributed by atoms with E-state index in [9.17, 15) is 4.79 Å². The number of amides is 1. The van der Waals surface area contributed by atoms with Gasteiger partial charge < -0.3 is 24.4 Å². The van der Waals surface area contributed by atoms with Gasteiger partial charge in [-0.2, -0.15) is 0 Å². The van der Waals surface area contributed by atoms with Gasteiger partial charge in [0.05, 0.1) is 25.4 Å². The first-order valence-electron chi connectivity index (χ1n) is 15.0. The summed E-state index contributed by atoms with van der Waals surface area (Å²) in [6.07, 6.45) is 4.94. The Morgan fingerprint density at radius 1 is 0.780 bits per heavy atom. The first kappa shape index (κ1) is 30.6. The fraction of sp³-hybridized carbons (Fsp3) is 0.606. The molecule has 1 amide bonds. The Hall–Kier alpha value is -1.83. The van der Waals surface area contributed by atoms with E-state index in [1.54, 1.807) is 0 Å². The number of ether oxygens (including phenoxy) is 3. The van der Waals surface area contributed by atoms with Crippen LogP contribution in [0.25, 0.3) is 0 Å². The number of hydrogen-bond donors (Lipinski definition) is 1. The molecular weight excluding hydrogens is 559 g/mol. The van der Waals surface area contributed by atoms with Crippen molar-refractivity contribution in [1.29, 1.82) is 0 Å². The van der Waals surface area contributed by atoms with Crippen LogP contribution in [-0.2, 0) is 27.4 Å². The number of nitrogens with one attached hydrogen (secondary N) is 1. The lowest BCUT2D eigenvalue weighted by Gasteiger charge is -2.25. The number of carbonyl (C=O) groups is 1. The monoisotopic (exact) mass is 602 g/mol. The fourth-order valence-corrected chi connectivity index (χ4v) is 7.13. The Labute approximate surface area is 255 Å². The van der Waals surface area contributed by atoms with E-state index in [1.807, 2.05) is 74.2 Å². The van der Waals surface area contributed by atoms with Crippen LogP contribution in [0.2, 0.25) is 10.0 Å². The molecule has 2 aliphatic heterocycles. The first-order valence-corrected chi connectivity index (χ1v) is 15.8. The fourth-order valence-electron chi connectivity index (χ4n) is 6.75. The molecule has 0 spiro atoms. The van der Waals surface area contributed by atoms with E-state index in [-0.39, 0.29) is 12.2 Å². The number of halogens is 2. The van der Waals surface area contributed by atoms with Crippen LogP contribution in [0.1, 0.15) is 57.6 Å². The van der Waals surface area contributed by atoms with Crippen LogP contribution in [0.5, 0.6) is 0 Å². The van der Waals surface area contributed by atoms with Gasteiger partial charge in [0.25, 0.3) is 0 Å². The summed E-state index contributed by atoms with van der Waals surface area (Å²) in [4.78, 5) is 14.0. The van der Waals surface area contributed by atoms with E-state index in [0.717, 1.165) is 58.9 Å². The maximum atomic E-state index is 12.2. The molecule has 2 aromatic rings. The molecule has 2 saturated carbocycles. The van der Waals surface area contributed by atoms with Crippen molar-refractivity contribution in [3.05, 3.63) is 69.7 Å². The van der Waals surface area contributed by atoms with Crippen molar-refractivity contribution < 1.29 is 19.0 Å². The van der Waals surface area contributed by atoms with Gasteiger partial charge in [-0.25, -0.2) is 4.79 Å². The highest BCUT2D eigenvalue weighted by Gasteiger charge is 2.43. The van der Waals surface area contributed by atoms with Crippen molar-refractivity contribution in [1.82, 2.24) is 10.2 Å². The maximum absolute atomic E-state index is 12.2. The Morgan fingerprint density at radius 3 is 1.66 bits per heavy atom. The molecule has 6 nitrogen and oxygen atoms in total. The van der Waals surface area contributed by atoms with Gasteiger partial charge in [0.1, 0.15) is 5.60 Å². The van der Waals surface area contributed by atoms with Gasteiger partial charge in [-0.1, -0.05) is 59.6 Å². The number of fused-ring (bicyclic) bond motifs is 2. The molecule has 2 unspecified atom stereocenters. The highest BCUT2D eigenvalue weighted by molar-refractivity contribution is 6.31. The molecule has 0 bridgehead atoms. The molecule has 224 valence electrons. The van der Waals surface area contributed by atoms with Gasteiger partial charge >= 0.3 is 6.09 Å². The summed E-state index contributed by atoms with van der Waals surface area (Å²) in [5.41, 5.74) is 1.70. The highest BCUT2D eigenvalue weighted by atomic mass is 35.5. The Bertz CT molecular complexity index is 1150. The minimum atomic E-state index is -0.435. The van der Waals surface area contributed by atoms with Crippen molar-refractivity contribution in [3.63, 3.8) is 0 Å². The standard InChI is InChI=1S/C19H26ClNO3.C14H18ClNO/c1-19(2,3)24-18(22)21-10-14-8-16(9-15(14)11-21)23-12-13-6-4-5-7-17(13)20;15-14-4-2-1-3-10(14)9-17-13-5-11-7-16-8-12(11)6-13/h4-7,14-16H,8-12H2,1-3H3;1-4,11-13,16H,5-9H2/t14-,15+,16?;11-,12+,13?. The Balaban J connectivity index is 0.000000174. The number of rotatable bonds is 6. The molecule has 0 aromatic heterocycles. The van der Waals surface area contributed by atoms with E-state index in [4.69, 9.17) is 37.4 Å². The van der Waals surface area contributed by atoms with Crippen molar-refractivity contribution in [3.8, 4) is 0 Å². The number of likely N-dealkylation sites (tertiary alicyclic amines) is 1. The second kappa shape index (κ2) is 13.6. The van der Waals surface area contributed by atoms with Crippen LogP contribution < -0.4 is 5.32 Å². The molecular formula is C33H44Cl2N2O4. The average molecular weight is 604 g/mol. The second-order valence-electron chi connectivity index (χ2n) is 13.1. The third kappa shape index (κ3) is 8.39. The van der Waals surface area contributed by atoms with Gasteiger partial charge in [-0.15, -0.1) is 0 Å². The van der Waals surface area contributed by atoms with E-state index >= 15 is 0 Å². The minimum absolute atomic E-state index is 0.189. The van der Waals surface area contributed by atoms with Crippen molar-refractivity contribution in [2.24, 2.45) is 23.7 Å². The normalized spacial score (nSPS) is 28.7. The van der Waals surface area contributed by atoms with Crippen LogP contribution in [0.4, 0.5) is 4.79 Å². The quantitative estimate of drug-likeness (QED) is 0.374. The second-order valence-corrected chi connectivity index (χ2v) is 13.9. The zero-order chi connectivity index (χ0) is 29.0. The summed E-state index contributed by atoms with van der Waals surface area (Å²) in [6, 6.07) is 15.7. The van der Waals surface area contributed by atoms with Crippen molar-refractivity contribution >= 4 is 29.3 Å². The number of benzene rings is 2. The maximum Gasteiger partial charge on any atom is 0.410 e. The Morgan fingerprint density at radius 2 is 1.22 bits per heavy atom. The third-order valence-corrected chi connectivity index (χ3v) is 9.57. The van der Waals surface area contributed by atoms with E-state index < -0.39 is 5.60 Å². The van der Waals surface area contributed by atoms with Gasteiger partial charge in [0, 0.05) is 23.1 Å². The van der Waals surface area contributed by atoms with E-state index in [2.05, 4.69) is 5.32 Å². The Kier molecular flexibility index (Phi) is 10.2. The lowest BCUT2D eigenvalue weighted by atomic mass is 10.0. The van der Waals surface area contributed by atoms with Crippen LogP contribution in [0.15, 0.2) is 48.5 Å². The van der Waals surface area contributed by atoms with Crippen LogP contribution in [0.3, 0.4) is 0 Å². The third-order valence-electron chi connectivity index (χ3n) is 8.84. The lowest BCUT2D eigenvalue weighted by molar-refractivity contribution is 0.0205. The zero-order valence-electron chi connectivity index (χ0n) is 24.5. The van der Waals surface area contributed by atoms with Gasteiger partial charge in [0.15, 0.2) is 0 Å². The summed E-state index contributed by atoms with van der Waals surface area (Å²) in [7, 11) is 0. The van der Waals surface area contributed by atoms with Gasteiger partial charge in [0.2, 0.25) is 0 Å². The molecule has 0 radical (unpaired) electrons. The van der Waals surface area contributed by atoms with E-state index in [0.29, 0.717) is 31.2 Å². The topological polar surface area (TPSA) is 60.0 Å². The molecule has 41 heavy (non-hydrogen) atoms. The minimum Gasteiger partial charge on any atom is -0.444 e. The summed E-state index contributed by atoms with van der Waals surface area (Å²) < 4.78 is 17.5. The number of nitrogens with zero attached hydrogens (tertiary/aromatic N) is 1. The molecule has 6 atom stereocenters. The summed E-state index contributed by atoms with van der Waals surface area (Å²) in [5, 5.41) is 5.02. The first-order chi connectivity index (χ1) is 19.6. The zero-order valence-corrected chi connectivity index (χ0v) is 26.0. The molecule has 2 saturated heterocycles. The molecule has 6 rings (SSSR count). The summed E-state index contributed by atoms with van der Waals surface area (Å²) in [5.74, 6) is 2.72. The molecule has 2 aliphatic carbocycles. The average Bonchev–Trinajstić information content (AvgIpc) is 3.68. The molecule has 4 aliphatic rings. The largest absolute Gasteiger partial charge is 0.444 e. The van der Waals surface area contributed by atoms with Crippen LogP contribution in [0, 0.1) is 23.7 Å². The molecule has 2 heterocycles. The lowest BCUT2D eigenvalue weighted by Crippen LogP contribution is -2.36.